The van der Waals surface area contributed by atoms with Crippen LogP contribution in [-0.4, -0.2) is 10.8 Å². The van der Waals surface area contributed by atoms with E-state index in [1.54, 1.807) is 24.5 Å². The van der Waals surface area contributed by atoms with Crippen LogP contribution in [0.5, 0.6) is 0 Å². The lowest BCUT2D eigenvalue weighted by atomic mass is 10.00. The summed E-state index contributed by atoms with van der Waals surface area (Å²) >= 11 is 0. The van der Waals surface area contributed by atoms with Gasteiger partial charge in [0.05, 0.1) is 0 Å². The minimum atomic E-state index is -0.314. The van der Waals surface area contributed by atoms with E-state index >= 15 is 0 Å². The number of pyridine rings is 1. The van der Waals surface area contributed by atoms with Gasteiger partial charge < -0.3 is 0 Å². The normalized spacial score (nSPS) is 10.4. The zero-order valence-corrected chi connectivity index (χ0v) is 10.4. The van der Waals surface area contributed by atoms with Crippen molar-refractivity contribution >= 4 is 5.78 Å². The van der Waals surface area contributed by atoms with Crippen molar-refractivity contribution in [2.75, 3.05) is 0 Å². The maximum atomic E-state index is 13.1. The lowest BCUT2D eigenvalue weighted by Crippen LogP contribution is -2.06. The number of carbonyl (C=O) groups is 1. The van der Waals surface area contributed by atoms with E-state index in [-0.39, 0.29) is 18.0 Å². The highest BCUT2D eigenvalue weighted by Gasteiger charge is 2.10. The molecule has 0 aliphatic carbocycles. The molecule has 0 bridgehead atoms. The van der Waals surface area contributed by atoms with Crippen molar-refractivity contribution in [1.82, 2.24) is 4.98 Å². The Kier molecular flexibility index (Phi) is 3.51. The van der Waals surface area contributed by atoms with Gasteiger partial charge >= 0.3 is 0 Å². The molecule has 0 radical (unpaired) electrons. The molecular formula is C15H14FNO. The van der Waals surface area contributed by atoms with Gasteiger partial charge in [-0.15, -0.1) is 0 Å². The van der Waals surface area contributed by atoms with Crippen LogP contribution < -0.4 is 0 Å². The summed E-state index contributed by atoms with van der Waals surface area (Å²) in [5, 5.41) is 0. The van der Waals surface area contributed by atoms with Crippen molar-refractivity contribution in [2.24, 2.45) is 0 Å². The fourth-order valence-corrected chi connectivity index (χ4v) is 1.81. The molecule has 0 saturated heterocycles. The number of carbonyl (C=O) groups excluding carboxylic acids is 1. The number of hydrogen-bond acceptors (Lipinski definition) is 2. The van der Waals surface area contributed by atoms with Crippen LogP contribution in [0.15, 0.2) is 36.7 Å². The number of hydrogen-bond donors (Lipinski definition) is 0. The first-order valence-electron chi connectivity index (χ1n) is 5.76. The van der Waals surface area contributed by atoms with E-state index in [1.807, 2.05) is 13.8 Å². The minimum absolute atomic E-state index is 0.0418. The molecular weight excluding hydrogens is 229 g/mol. The van der Waals surface area contributed by atoms with Crippen molar-refractivity contribution in [3.63, 3.8) is 0 Å². The van der Waals surface area contributed by atoms with Crippen molar-refractivity contribution in [3.8, 4) is 0 Å². The minimum Gasteiger partial charge on any atom is -0.294 e. The van der Waals surface area contributed by atoms with E-state index in [0.29, 0.717) is 5.56 Å². The first kappa shape index (κ1) is 12.4. The summed E-state index contributed by atoms with van der Waals surface area (Å²) in [5.74, 6) is -0.356. The lowest BCUT2D eigenvalue weighted by molar-refractivity contribution is 0.0992. The third-order valence-corrected chi connectivity index (χ3v) is 2.86. The largest absolute Gasteiger partial charge is 0.294 e. The third-order valence-electron chi connectivity index (χ3n) is 2.86. The molecule has 0 atom stereocenters. The van der Waals surface area contributed by atoms with E-state index in [1.165, 1.54) is 12.1 Å². The van der Waals surface area contributed by atoms with Gasteiger partial charge in [-0.3, -0.25) is 9.78 Å². The Labute approximate surface area is 105 Å². The SMILES string of the molecule is Cc1cncc(C(=O)Cc2cc(F)ccc2C)c1. The molecule has 18 heavy (non-hydrogen) atoms. The molecule has 1 aromatic carbocycles. The molecule has 0 fully saturated rings. The second-order valence-corrected chi connectivity index (χ2v) is 4.42. The number of aromatic nitrogens is 1. The molecule has 0 amide bonds. The van der Waals surface area contributed by atoms with Crippen molar-refractivity contribution < 1.29 is 9.18 Å². The Bertz CT molecular complexity index is 593. The van der Waals surface area contributed by atoms with Gasteiger partial charge in [-0.05, 0) is 48.7 Å². The maximum Gasteiger partial charge on any atom is 0.168 e. The highest BCUT2D eigenvalue weighted by atomic mass is 19.1. The van der Waals surface area contributed by atoms with Crippen molar-refractivity contribution in [1.29, 1.82) is 0 Å². The molecule has 0 spiro atoms. The van der Waals surface area contributed by atoms with E-state index in [9.17, 15) is 9.18 Å². The van der Waals surface area contributed by atoms with Crippen LogP contribution >= 0.6 is 0 Å². The first-order valence-corrected chi connectivity index (χ1v) is 5.76. The number of rotatable bonds is 3. The van der Waals surface area contributed by atoms with Crippen LogP contribution in [0.2, 0.25) is 0 Å². The monoisotopic (exact) mass is 243 g/mol. The van der Waals surface area contributed by atoms with Crippen LogP contribution in [0, 0.1) is 19.7 Å². The van der Waals surface area contributed by atoms with Gasteiger partial charge in [0.2, 0.25) is 0 Å². The lowest BCUT2D eigenvalue weighted by Gasteiger charge is -2.05. The highest BCUT2D eigenvalue weighted by molar-refractivity contribution is 5.97. The van der Waals surface area contributed by atoms with Crippen molar-refractivity contribution in [3.05, 3.63) is 64.7 Å². The second-order valence-electron chi connectivity index (χ2n) is 4.42. The molecule has 0 N–H and O–H groups in total. The Morgan fingerprint density at radius 3 is 2.72 bits per heavy atom. The first-order chi connectivity index (χ1) is 8.56. The molecule has 2 aromatic rings. The molecule has 92 valence electrons. The van der Waals surface area contributed by atoms with Gasteiger partial charge in [0.1, 0.15) is 5.82 Å². The molecule has 2 nitrogen and oxygen atoms in total. The molecule has 3 heteroatoms. The molecule has 1 aromatic heterocycles. The number of Topliss-reactive ketones (excluding diaryl/α,β-unsaturated/α-hetero) is 1. The number of nitrogens with zero attached hydrogens (tertiary/aromatic N) is 1. The van der Waals surface area contributed by atoms with Gasteiger partial charge in [-0.25, -0.2) is 4.39 Å². The van der Waals surface area contributed by atoms with E-state index in [0.717, 1.165) is 16.7 Å². The number of benzene rings is 1. The summed E-state index contributed by atoms with van der Waals surface area (Å²) in [5.41, 5.74) is 3.15. The summed E-state index contributed by atoms with van der Waals surface area (Å²) in [4.78, 5) is 16.1. The molecule has 1 heterocycles. The topological polar surface area (TPSA) is 30.0 Å². The Balaban J connectivity index is 2.24. The van der Waals surface area contributed by atoms with Crippen LogP contribution in [-0.2, 0) is 6.42 Å². The van der Waals surface area contributed by atoms with Gasteiger partial charge in [-0.1, -0.05) is 6.07 Å². The standard InChI is InChI=1S/C15H14FNO/c1-10-5-13(9-17-8-10)15(18)7-12-6-14(16)4-3-11(12)2/h3-6,8-9H,7H2,1-2H3. The molecule has 0 aliphatic heterocycles. The van der Waals surface area contributed by atoms with Crippen LogP contribution in [0.25, 0.3) is 0 Å². The maximum absolute atomic E-state index is 13.1. The van der Waals surface area contributed by atoms with E-state index in [4.69, 9.17) is 0 Å². The molecule has 2 rings (SSSR count). The molecule has 0 aliphatic rings. The van der Waals surface area contributed by atoms with Gasteiger partial charge in [0, 0.05) is 24.4 Å². The predicted molar refractivity (Wildman–Crippen MR) is 68.1 cm³/mol. The summed E-state index contributed by atoms with van der Waals surface area (Å²) in [6, 6.07) is 6.30. The van der Waals surface area contributed by atoms with E-state index < -0.39 is 0 Å². The van der Waals surface area contributed by atoms with Crippen LogP contribution in [0.4, 0.5) is 4.39 Å². The van der Waals surface area contributed by atoms with Gasteiger partial charge in [0.25, 0.3) is 0 Å². The Hall–Kier alpha value is -2.03. The van der Waals surface area contributed by atoms with Crippen LogP contribution in [0.3, 0.4) is 0 Å². The predicted octanol–water partition coefficient (Wildman–Crippen LogP) is 3.26. The Morgan fingerprint density at radius 2 is 2.00 bits per heavy atom. The second kappa shape index (κ2) is 5.08. The van der Waals surface area contributed by atoms with E-state index in [2.05, 4.69) is 4.98 Å². The summed E-state index contributed by atoms with van der Waals surface area (Å²) in [7, 11) is 0. The highest BCUT2D eigenvalue weighted by Crippen LogP contribution is 2.14. The fraction of sp³-hybridized carbons (Fsp3) is 0.200. The smallest absolute Gasteiger partial charge is 0.168 e. The average molecular weight is 243 g/mol. The van der Waals surface area contributed by atoms with Gasteiger partial charge in [-0.2, -0.15) is 0 Å². The zero-order chi connectivity index (χ0) is 13.1. The molecule has 0 saturated carbocycles. The van der Waals surface area contributed by atoms with Gasteiger partial charge in [0.15, 0.2) is 5.78 Å². The Morgan fingerprint density at radius 1 is 1.22 bits per heavy atom. The quantitative estimate of drug-likeness (QED) is 0.774. The fourth-order valence-electron chi connectivity index (χ4n) is 1.81. The zero-order valence-electron chi connectivity index (χ0n) is 10.4. The summed E-state index contributed by atoms with van der Waals surface area (Å²) < 4.78 is 13.1. The van der Waals surface area contributed by atoms with Crippen LogP contribution in [0.1, 0.15) is 27.0 Å². The average Bonchev–Trinajstić information content (AvgIpc) is 2.34. The summed E-state index contributed by atoms with van der Waals surface area (Å²) in [6.45, 7) is 3.76. The number of aryl methyl sites for hydroxylation is 2. The molecule has 0 unspecified atom stereocenters. The number of halogens is 1. The van der Waals surface area contributed by atoms with Crippen molar-refractivity contribution in [2.45, 2.75) is 20.3 Å². The number of ketones is 1. The summed E-state index contributed by atoms with van der Waals surface area (Å²) in [6.07, 6.45) is 3.45. The third kappa shape index (κ3) is 2.80.